The van der Waals surface area contributed by atoms with Crippen LogP contribution in [0.1, 0.15) is 155 Å². The molecule has 0 saturated heterocycles. The van der Waals surface area contributed by atoms with Crippen molar-refractivity contribution in [3.8, 4) is 0 Å². The van der Waals surface area contributed by atoms with Crippen LogP contribution in [-0.2, 0) is 18.4 Å². The Morgan fingerprint density at radius 3 is 1.85 bits per heavy atom. The minimum atomic E-state index is -4.39. The molecule has 0 saturated carbocycles. The number of phosphoric ester groups is 1. The van der Waals surface area contributed by atoms with Crippen molar-refractivity contribution in [3.63, 3.8) is 0 Å². The number of nitrogens with one attached hydrogen (secondary N) is 1. The van der Waals surface area contributed by atoms with Gasteiger partial charge in [-0.3, -0.25) is 13.8 Å². The van der Waals surface area contributed by atoms with E-state index in [2.05, 4.69) is 43.5 Å². The lowest BCUT2D eigenvalue weighted by Crippen LogP contribution is -2.46. The summed E-state index contributed by atoms with van der Waals surface area (Å²) in [6.45, 7) is 3.89. The van der Waals surface area contributed by atoms with E-state index in [1.54, 1.807) is 6.08 Å². The zero-order valence-electron chi connectivity index (χ0n) is 29.9. The zero-order valence-corrected chi connectivity index (χ0v) is 30.8. The van der Waals surface area contributed by atoms with E-state index in [1.165, 1.54) is 64.2 Å². The van der Waals surface area contributed by atoms with Gasteiger partial charge in [-0.1, -0.05) is 134 Å². The average molecular weight is 687 g/mol. The van der Waals surface area contributed by atoms with Crippen molar-refractivity contribution in [1.82, 2.24) is 5.32 Å². The Balaban J connectivity index is 4.43. The number of allylic oxidation sites excluding steroid dienone is 5. The molecule has 0 fully saturated rings. The van der Waals surface area contributed by atoms with Gasteiger partial charge in [0.2, 0.25) is 5.91 Å². The van der Waals surface area contributed by atoms with Crippen molar-refractivity contribution < 1.29 is 33.5 Å². The second-order valence-electron chi connectivity index (χ2n) is 12.6. The summed E-state index contributed by atoms with van der Waals surface area (Å²) in [7, 11) is -4.39. The SMILES string of the molecule is CCCCC/C=C\C/C=C\CCCCCCCC(O)CC(=O)NC(COP(=O)(O)OCCN)C(O)/C=C/CCCCCCCCCC. The van der Waals surface area contributed by atoms with Crippen LogP contribution in [0.15, 0.2) is 36.5 Å². The maximum absolute atomic E-state index is 12.7. The van der Waals surface area contributed by atoms with Crippen LogP contribution in [-0.4, -0.2) is 59.0 Å². The number of phosphoric acid groups is 1. The molecule has 0 bridgehead atoms. The Hall–Kier alpha value is -1.32. The zero-order chi connectivity index (χ0) is 34.9. The largest absolute Gasteiger partial charge is 0.472 e. The number of unbranched alkanes of at least 4 members (excludes halogenated alkanes) is 16. The summed E-state index contributed by atoms with van der Waals surface area (Å²) in [5.41, 5.74) is 5.33. The van der Waals surface area contributed by atoms with Gasteiger partial charge in [0.05, 0.1) is 37.9 Å². The van der Waals surface area contributed by atoms with Gasteiger partial charge in [0.15, 0.2) is 0 Å². The third kappa shape index (κ3) is 31.7. The van der Waals surface area contributed by atoms with Gasteiger partial charge in [0, 0.05) is 6.54 Å². The van der Waals surface area contributed by atoms with Gasteiger partial charge in [-0.15, -0.1) is 0 Å². The number of amides is 1. The van der Waals surface area contributed by atoms with Crippen molar-refractivity contribution in [2.24, 2.45) is 5.73 Å². The van der Waals surface area contributed by atoms with Crippen LogP contribution in [0.5, 0.6) is 0 Å². The molecule has 4 unspecified atom stereocenters. The number of rotatable bonds is 34. The number of hydrogen-bond acceptors (Lipinski definition) is 7. The second-order valence-corrected chi connectivity index (χ2v) is 14.1. The molecule has 1 amide bonds. The lowest BCUT2D eigenvalue weighted by atomic mass is 10.0. The molecule has 0 heterocycles. The molecule has 47 heavy (non-hydrogen) atoms. The molecule has 276 valence electrons. The van der Waals surface area contributed by atoms with Crippen molar-refractivity contribution in [1.29, 1.82) is 0 Å². The van der Waals surface area contributed by atoms with Gasteiger partial charge in [-0.25, -0.2) is 4.57 Å². The lowest BCUT2D eigenvalue weighted by Gasteiger charge is -2.24. The first-order valence-corrected chi connectivity index (χ1v) is 20.2. The van der Waals surface area contributed by atoms with Crippen molar-refractivity contribution in [2.45, 2.75) is 173 Å². The molecule has 0 aromatic carbocycles. The van der Waals surface area contributed by atoms with Crippen LogP contribution >= 0.6 is 7.82 Å². The third-order valence-electron chi connectivity index (χ3n) is 8.01. The molecule has 10 heteroatoms. The van der Waals surface area contributed by atoms with Gasteiger partial charge in [-0.2, -0.15) is 0 Å². The summed E-state index contributed by atoms with van der Waals surface area (Å²) in [6, 6.07) is -0.984. The molecule has 0 aliphatic heterocycles. The topological polar surface area (TPSA) is 151 Å². The molecule has 0 aromatic heterocycles. The Morgan fingerprint density at radius 1 is 0.745 bits per heavy atom. The Morgan fingerprint density at radius 2 is 1.26 bits per heavy atom. The van der Waals surface area contributed by atoms with E-state index in [1.807, 2.05) is 6.08 Å². The fraction of sp³-hybridized carbons (Fsp3) is 0.811. The van der Waals surface area contributed by atoms with E-state index >= 15 is 0 Å². The average Bonchev–Trinajstić information content (AvgIpc) is 3.04. The molecule has 6 N–H and O–H groups in total. The molecule has 0 rings (SSSR count). The first-order valence-electron chi connectivity index (χ1n) is 18.7. The first kappa shape index (κ1) is 45.7. The van der Waals surface area contributed by atoms with Crippen LogP contribution in [0.25, 0.3) is 0 Å². The summed E-state index contributed by atoms with van der Waals surface area (Å²) >= 11 is 0. The van der Waals surface area contributed by atoms with Crippen LogP contribution in [0.2, 0.25) is 0 Å². The molecule has 0 spiro atoms. The third-order valence-corrected chi connectivity index (χ3v) is 9.00. The van der Waals surface area contributed by atoms with Crippen LogP contribution in [0, 0.1) is 0 Å². The summed E-state index contributed by atoms with van der Waals surface area (Å²) in [5.74, 6) is -0.458. The van der Waals surface area contributed by atoms with Gasteiger partial charge < -0.3 is 26.2 Å². The van der Waals surface area contributed by atoms with Crippen molar-refractivity contribution in [2.75, 3.05) is 19.8 Å². The highest BCUT2D eigenvalue weighted by Gasteiger charge is 2.27. The van der Waals surface area contributed by atoms with E-state index in [-0.39, 0.29) is 19.6 Å². The van der Waals surface area contributed by atoms with E-state index in [0.717, 1.165) is 64.2 Å². The second kappa shape index (κ2) is 33.2. The van der Waals surface area contributed by atoms with E-state index in [4.69, 9.17) is 14.8 Å². The summed E-state index contributed by atoms with van der Waals surface area (Å²) in [6.07, 6.45) is 33.7. The Kier molecular flexibility index (Phi) is 32.3. The van der Waals surface area contributed by atoms with E-state index < -0.39 is 38.6 Å². The molecular formula is C37H71N2O7P. The van der Waals surface area contributed by atoms with Crippen LogP contribution in [0.4, 0.5) is 0 Å². The van der Waals surface area contributed by atoms with Gasteiger partial charge >= 0.3 is 7.82 Å². The minimum absolute atomic E-state index is 0.0464. The molecule has 0 aromatic rings. The maximum Gasteiger partial charge on any atom is 0.472 e. The maximum atomic E-state index is 12.7. The normalized spacial score (nSPS) is 15.4. The lowest BCUT2D eigenvalue weighted by molar-refractivity contribution is -0.124. The number of carbonyl (C=O) groups is 1. The van der Waals surface area contributed by atoms with E-state index in [0.29, 0.717) is 6.42 Å². The number of aliphatic hydroxyl groups is 2. The fourth-order valence-electron chi connectivity index (χ4n) is 5.14. The monoisotopic (exact) mass is 686 g/mol. The minimum Gasteiger partial charge on any atom is -0.393 e. The molecule has 0 aliphatic rings. The number of nitrogens with two attached hydrogens (primary N) is 1. The highest BCUT2D eigenvalue weighted by atomic mass is 31.2. The first-order chi connectivity index (χ1) is 22.8. The highest BCUT2D eigenvalue weighted by Crippen LogP contribution is 2.43. The van der Waals surface area contributed by atoms with Gasteiger partial charge in [0.1, 0.15) is 0 Å². The van der Waals surface area contributed by atoms with Gasteiger partial charge in [0.25, 0.3) is 0 Å². The predicted molar refractivity (Wildman–Crippen MR) is 195 cm³/mol. The predicted octanol–water partition coefficient (Wildman–Crippen LogP) is 8.58. The Bertz CT molecular complexity index is 853. The molecule has 0 aliphatic carbocycles. The summed E-state index contributed by atoms with van der Waals surface area (Å²) < 4.78 is 21.9. The van der Waals surface area contributed by atoms with Crippen LogP contribution in [0.3, 0.4) is 0 Å². The number of aliphatic hydroxyl groups excluding tert-OH is 2. The summed E-state index contributed by atoms with van der Waals surface area (Å²) in [4.78, 5) is 22.6. The standard InChI is InChI=1S/C37H71N2O7P/c1-3-5-7-9-11-13-15-16-17-18-19-20-22-24-26-28-34(40)32-37(42)39-35(33-46-47(43,44)45-31-30-38)36(41)29-27-25-23-21-14-12-10-8-6-4-2/h11,13,16-17,27,29,34-36,40-41H,3-10,12,14-15,18-26,28,30-33,38H2,1-2H3,(H,39,42)(H,43,44)/b13-11-,17-16-,29-27+. The Labute approximate surface area is 287 Å². The van der Waals surface area contributed by atoms with Crippen molar-refractivity contribution >= 4 is 13.7 Å². The van der Waals surface area contributed by atoms with Crippen molar-refractivity contribution in [3.05, 3.63) is 36.5 Å². The molecule has 4 atom stereocenters. The van der Waals surface area contributed by atoms with Gasteiger partial charge in [-0.05, 0) is 51.4 Å². The number of hydrogen-bond donors (Lipinski definition) is 5. The number of carbonyl (C=O) groups excluding carboxylic acids is 1. The van der Waals surface area contributed by atoms with E-state index in [9.17, 15) is 24.5 Å². The summed E-state index contributed by atoms with van der Waals surface area (Å²) in [5, 5.41) is 23.9. The molecule has 0 radical (unpaired) electrons. The highest BCUT2D eigenvalue weighted by molar-refractivity contribution is 7.47. The fourth-order valence-corrected chi connectivity index (χ4v) is 5.90. The molecular weight excluding hydrogens is 615 g/mol. The smallest absolute Gasteiger partial charge is 0.393 e. The molecule has 9 nitrogen and oxygen atoms in total. The van der Waals surface area contributed by atoms with Crippen LogP contribution < -0.4 is 11.1 Å². The quantitative estimate of drug-likeness (QED) is 0.0257.